The number of allylic oxidation sites excluding steroid dienone is 4. The molecule has 0 bridgehead atoms. The molecular weight excluding hydrogens is 86.1 g/mol. The molecule has 0 atom stereocenters. The van der Waals surface area contributed by atoms with Crippen LogP contribution in [0.2, 0.25) is 0 Å². The Morgan fingerprint density at radius 2 is 1.57 bits per heavy atom. The summed E-state index contributed by atoms with van der Waals surface area (Å²) < 4.78 is 0. The minimum absolute atomic E-state index is 1.36. The molecule has 0 aliphatic carbocycles. The van der Waals surface area contributed by atoms with Crippen molar-refractivity contribution in [2.75, 3.05) is 0 Å². The third-order valence-corrected chi connectivity index (χ3v) is 1.06. The van der Waals surface area contributed by atoms with Crippen LogP contribution in [0.5, 0.6) is 0 Å². The van der Waals surface area contributed by atoms with E-state index in [0.29, 0.717) is 0 Å². The van der Waals surface area contributed by atoms with Crippen LogP contribution in [0.3, 0.4) is 0 Å². The lowest BCUT2D eigenvalue weighted by molar-refractivity contribution is -0.549. The van der Waals surface area contributed by atoms with E-state index >= 15 is 0 Å². The van der Waals surface area contributed by atoms with E-state index in [9.17, 15) is 0 Å². The quantitative estimate of drug-likeness (QED) is 0.448. The van der Waals surface area contributed by atoms with E-state index < -0.39 is 0 Å². The van der Waals surface area contributed by atoms with Gasteiger partial charge in [0.15, 0.2) is 0 Å². The molecule has 0 aromatic heterocycles. The van der Waals surface area contributed by atoms with E-state index in [1.807, 2.05) is 0 Å². The fraction of sp³-hybridized carbons (Fsp3) is 0.333. The topological polar surface area (TPSA) is 16.6 Å². The molecule has 7 heavy (non-hydrogen) atoms. The van der Waals surface area contributed by atoms with Gasteiger partial charge in [-0.05, 0) is 0 Å². The van der Waals surface area contributed by atoms with E-state index in [0.717, 1.165) is 0 Å². The van der Waals surface area contributed by atoms with E-state index in [4.69, 9.17) is 0 Å². The zero-order valence-corrected chi connectivity index (χ0v) is 4.73. The van der Waals surface area contributed by atoms with Crippen LogP contribution >= 0.6 is 0 Å². The van der Waals surface area contributed by atoms with E-state index in [2.05, 4.69) is 31.3 Å². The van der Waals surface area contributed by atoms with Gasteiger partial charge < -0.3 is 0 Å². The highest BCUT2D eigenvalue weighted by atomic mass is 14.9. The van der Waals surface area contributed by atoms with Gasteiger partial charge in [0.05, 0.1) is 0 Å². The Kier molecular flexibility index (Phi) is 0.988. The summed E-state index contributed by atoms with van der Waals surface area (Å²) in [7, 11) is 0. The van der Waals surface area contributed by atoms with Crippen molar-refractivity contribution in [2.24, 2.45) is 0 Å². The summed E-state index contributed by atoms with van der Waals surface area (Å²) in [6.45, 7) is 4.21. The van der Waals surface area contributed by atoms with Crippen molar-refractivity contribution in [3.63, 3.8) is 0 Å². The molecule has 1 rings (SSSR count). The van der Waals surface area contributed by atoms with Crippen LogP contribution in [0.25, 0.3) is 0 Å². The smallest absolute Gasteiger partial charge is 0.107 e. The fourth-order valence-electron chi connectivity index (χ4n) is 0.718. The maximum atomic E-state index is 2.17. The maximum absolute atomic E-state index is 2.17. The van der Waals surface area contributed by atoms with Crippen molar-refractivity contribution in [2.45, 2.75) is 13.8 Å². The predicted octanol–water partition coefficient (Wildman–Crippen LogP) is 0.371. The molecule has 0 saturated heterocycles. The van der Waals surface area contributed by atoms with E-state index in [1.54, 1.807) is 0 Å². The summed E-state index contributed by atoms with van der Waals surface area (Å²) >= 11 is 0. The summed E-state index contributed by atoms with van der Waals surface area (Å²) in [6.07, 6.45) is 4.24. The molecule has 1 aliphatic heterocycles. The molecule has 0 saturated carbocycles. The Morgan fingerprint density at radius 3 is 1.71 bits per heavy atom. The van der Waals surface area contributed by atoms with Crippen LogP contribution < -0.4 is 5.32 Å². The highest BCUT2D eigenvalue weighted by molar-refractivity contribution is 5.12. The number of quaternary nitrogens is 1. The highest BCUT2D eigenvalue weighted by Crippen LogP contribution is 1.91. The lowest BCUT2D eigenvalue weighted by Gasteiger charge is -1.87. The van der Waals surface area contributed by atoms with Crippen LogP contribution in [0, 0.1) is 0 Å². The molecule has 0 amide bonds. The van der Waals surface area contributed by atoms with Crippen LogP contribution in [0.1, 0.15) is 13.8 Å². The van der Waals surface area contributed by atoms with Gasteiger partial charge in [0.25, 0.3) is 0 Å². The monoisotopic (exact) mass is 96.1 g/mol. The molecule has 0 spiro atoms. The maximum Gasteiger partial charge on any atom is 0.107 e. The van der Waals surface area contributed by atoms with Crippen LogP contribution in [0.15, 0.2) is 23.5 Å². The normalized spacial score (nSPS) is 19.1. The van der Waals surface area contributed by atoms with Gasteiger partial charge in [0.2, 0.25) is 0 Å². The second kappa shape index (κ2) is 1.51. The van der Waals surface area contributed by atoms with Crippen LogP contribution in [-0.2, 0) is 0 Å². The second-order valence-corrected chi connectivity index (χ2v) is 1.97. The van der Waals surface area contributed by atoms with E-state index in [-0.39, 0.29) is 0 Å². The molecule has 0 fully saturated rings. The fourth-order valence-corrected chi connectivity index (χ4v) is 0.718. The van der Waals surface area contributed by atoms with Crippen molar-refractivity contribution in [1.29, 1.82) is 0 Å². The second-order valence-electron chi connectivity index (χ2n) is 1.97. The van der Waals surface area contributed by atoms with Crippen LogP contribution in [-0.4, -0.2) is 0 Å². The van der Waals surface area contributed by atoms with Crippen molar-refractivity contribution in [1.82, 2.24) is 0 Å². The molecule has 0 radical (unpaired) electrons. The van der Waals surface area contributed by atoms with Gasteiger partial charge in [-0.2, -0.15) is 0 Å². The SMILES string of the molecule is CC1=CC=C(C)[NH2+]1. The molecule has 1 heteroatoms. The first-order valence-electron chi connectivity index (χ1n) is 2.49. The number of hydrogen-bond acceptors (Lipinski definition) is 0. The molecule has 38 valence electrons. The van der Waals surface area contributed by atoms with Gasteiger partial charge in [0, 0.05) is 26.0 Å². The zero-order valence-electron chi connectivity index (χ0n) is 4.73. The van der Waals surface area contributed by atoms with E-state index in [1.165, 1.54) is 11.4 Å². The van der Waals surface area contributed by atoms with Gasteiger partial charge in [-0.25, -0.2) is 0 Å². The minimum atomic E-state index is 1.36. The Morgan fingerprint density at radius 1 is 1.14 bits per heavy atom. The van der Waals surface area contributed by atoms with Gasteiger partial charge in [-0.3, -0.25) is 5.32 Å². The highest BCUT2D eigenvalue weighted by Gasteiger charge is 2.00. The molecule has 0 unspecified atom stereocenters. The Bertz CT molecular complexity index is 115. The predicted molar refractivity (Wildman–Crippen MR) is 29.4 cm³/mol. The largest absolute Gasteiger partial charge is 0.289 e. The number of nitrogens with two attached hydrogens (primary N) is 1. The summed E-state index contributed by atoms with van der Waals surface area (Å²) in [5.41, 5.74) is 2.72. The van der Waals surface area contributed by atoms with Crippen molar-refractivity contribution in [3.05, 3.63) is 23.5 Å². The van der Waals surface area contributed by atoms with Crippen molar-refractivity contribution in [3.8, 4) is 0 Å². The summed E-state index contributed by atoms with van der Waals surface area (Å²) in [6, 6.07) is 0. The number of rotatable bonds is 0. The summed E-state index contributed by atoms with van der Waals surface area (Å²) in [5.74, 6) is 0. The molecule has 1 heterocycles. The summed E-state index contributed by atoms with van der Waals surface area (Å²) in [5, 5.41) is 2.17. The van der Waals surface area contributed by atoms with Gasteiger partial charge in [0.1, 0.15) is 11.4 Å². The molecule has 1 nitrogen and oxygen atoms in total. The molecule has 0 aromatic rings. The molecule has 1 aliphatic rings. The first kappa shape index (κ1) is 4.60. The summed E-state index contributed by atoms with van der Waals surface area (Å²) in [4.78, 5) is 0. The first-order valence-corrected chi connectivity index (χ1v) is 2.49. The Balaban J connectivity index is 2.61. The van der Waals surface area contributed by atoms with Gasteiger partial charge in [-0.15, -0.1) is 0 Å². The van der Waals surface area contributed by atoms with Gasteiger partial charge >= 0.3 is 0 Å². The third-order valence-electron chi connectivity index (χ3n) is 1.06. The standard InChI is InChI=1S/C6H9N/c1-5-3-4-6(2)7-5/h3-4,7H,1-2H3/p+1. The lowest BCUT2D eigenvalue weighted by Crippen LogP contribution is -2.77. The third kappa shape index (κ3) is 0.904. The average Bonchev–Trinajstić information content (AvgIpc) is 1.87. The van der Waals surface area contributed by atoms with Crippen LogP contribution in [0.4, 0.5) is 0 Å². The minimum Gasteiger partial charge on any atom is -0.289 e. The molecular formula is C6H10N+. The average molecular weight is 96.2 g/mol. The Hall–Kier alpha value is -0.560. The van der Waals surface area contributed by atoms with Crippen molar-refractivity contribution < 1.29 is 5.32 Å². The first-order chi connectivity index (χ1) is 3.29. The Labute approximate surface area is 43.7 Å². The number of hydrogen-bond donors (Lipinski definition) is 1. The lowest BCUT2D eigenvalue weighted by atomic mass is 10.5. The van der Waals surface area contributed by atoms with Gasteiger partial charge in [-0.1, -0.05) is 0 Å². The molecule has 0 aromatic carbocycles. The zero-order chi connectivity index (χ0) is 5.28. The molecule has 2 N–H and O–H groups in total. The van der Waals surface area contributed by atoms with Crippen molar-refractivity contribution >= 4 is 0 Å².